The lowest BCUT2D eigenvalue weighted by Crippen LogP contribution is -2.42. The van der Waals surface area contributed by atoms with Gasteiger partial charge in [0.15, 0.2) is 5.78 Å². The number of esters is 1. The van der Waals surface area contributed by atoms with Crippen LogP contribution in [0.2, 0.25) is 0 Å². The van der Waals surface area contributed by atoms with Crippen LogP contribution < -0.4 is 4.74 Å². The van der Waals surface area contributed by atoms with E-state index < -0.39 is 6.10 Å². The monoisotopic (exact) mass is 335 g/mol. The fourth-order valence-electron chi connectivity index (χ4n) is 2.85. The highest BCUT2D eigenvalue weighted by atomic mass is 16.5. The summed E-state index contributed by atoms with van der Waals surface area (Å²) in [6.45, 7) is 3.76. The van der Waals surface area contributed by atoms with E-state index in [1.54, 1.807) is 24.3 Å². The number of nitrogens with zero attached hydrogens (tertiary/aromatic N) is 1. The molecule has 6 nitrogen and oxygen atoms in total. The third-order valence-electron chi connectivity index (χ3n) is 4.29. The van der Waals surface area contributed by atoms with Crippen molar-refractivity contribution >= 4 is 11.8 Å². The van der Waals surface area contributed by atoms with Crippen LogP contribution in [0.1, 0.15) is 30.1 Å². The topological polar surface area (TPSA) is 76.1 Å². The fraction of sp³-hybridized carbons (Fsp3) is 0.556. The number of aliphatic hydroxyl groups is 1. The Bertz CT molecular complexity index is 549. The highest BCUT2D eigenvalue weighted by molar-refractivity contribution is 5.94. The Morgan fingerprint density at radius 2 is 1.88 bits per heavy atom. The molecule has 0 spiro atoms. The van der Waals surface area contributed by atoms with Crippen LogP contribution in [0.25, 0.3) is 0 Å². The number of hydrogen-bond donors (Lipinski definition) is 1. The minimum absolute atomic E-state index is 0.0111. The van der Waals surface area contributed by atoms with Crippen LogP contribution in [0.5, 0.6) is 5.75 Å². The molecule has 1 atom stereocenters. The number of Topliss-reactive ketones (excluding diaryl/α,β-unsaturated/α-hetero) is 1. The summed E-state index contributed by atoms with van der Waals surface area (Å²) in [5, 5.41) is 10.1. The molecule has 1 unspecified atom stereocenters. The molecule has 1 heterocycles. The number of piperidine rings is 1. The second-order valence-electron chi connectivity index (χ2n) is 6.14. The van der Waals surface area contributed by atoms with Gasteiger partial charge < -0.3 is 19.5 Å². The molecular formula is C18H25NO5. The van der Waals surface area contributed by atoms with Crippen molar-refractivity contribution in [2.75, 3.05) is 33.4 Å². The minimum Gasteiger partial charge on any atom is -0.491 e. The van der Waals surface area contributed by atoms with Crippen LogP contribution in [-0.2, 0) is 9.53 Å². The smallest absolute Gasteiger partial charge is 0.308 e. The average Bonchev–Trinajstić information content (AvgIpc) is 2.60. The summed E-state index contributed by atoms with van der Waals surface area (Å²) in [6, 6.07) is 6.87. The van der Waals surface area contributed by atoms with Crippen LogP contribution in [0.3, 0.4) is 0 Å². The van der Waals surface area contributed by atoms with Gasteiger partial charge in [-0.05, 0) is 57.1 Å². The number of rotatable bonds is 7. The summed E-state index contributed by atoms with van der Waals surface area (Å²) in [5.41, 5.74) is 0.636. The van der Waals surface area contributed by atoms with Gasteiger partial charge >= 0.3 is 5.97 Å². The predicted molar refractivity (Wildman–Crippen MR) is 89.1 cm³/mol. The van der Waals surface area contributed by atoms with Crippen LogP contribution in [-0.4, -0.2) is 61.2 Å². The van der Waals surface area contributed by atoms with Gasteiger partial charge in [-0.25, -0.2) is 0 Å². The molecule has 1 aliphatic heterocycles. The second kappa shape index (κ2) is 8.80. The molecule has 0 aliphatic carbocycles. The molecule has 1 aromatic carbocycles. The van der Waals surface area contributed by atoms with Crippen molar-refractivity contribution in [1.82, 2.24) is 4.90 Å². The minimum atomic E-state index is -0.604. The van der Waals surface area contributed by atoms with Crippen molar-refractivity contribution in [1.29, 1.82) is 0 Å². The Hall–Kier alpha value is -1.92. The summed E-state index contributed by atoms with van der Waals surface area (Å²) in [5.74, 6) is 0.465. The van der Waals surface area contributed by atoms with Crippen molar-refractivity contribution in [2.45, 2.75) is 25.9 Å². The van der Waals surface area contributed by atoms with Crippen molar-refractivity contribution in [3.8, 4) is 5.75 Å². The first-order chi connectivity index (χ1) is 11.5. The number of likely N-dealkylation sites (tertiary alicyclic amines) is 1. The second-order valence-corrected chi connectivity index (χ2v) is 6.14. The molecule has 0 aromatic heterocycles. The number of methoxy groups -OCH3 is 1. The van der Waals surface area contributed by atoms with E-state index in [-0.39, 0.29) is 24.3 Å². The zero-order valence-electron chi connectivity index (χ0n) is 14.2. The van der Waals surface area contributed by atoms with Crippen LogP contribution in [0, 0.1) is 5.92 Å². The van der Waals surface area contributed by atoms with Gasteiger partial charge in [0.1, 0.15) is 18.5 Å². The van der Waals surface area contributed by atoms with E-state index in [1.165, 1.54) is 14.0 Å². The van der Waals surface area contributed by atoms with Crippen LogP contribution >= 0.6 is 0 Å². The van der Waals surface area contributed by atoms with Crippen molar-refractivity contribution < 1.29 is 24.2 Å². The summed E-state index contributed by atoms with van der Waals surface area (Å²) in [4.78, 5) is 24.8. The molecule has 1 fully saturated rings. The lowest BCUT2D eigenvalue weighted by molar-refractivity contribution is -0.147. The zero-order chi connectivity index (χ0) is 17.5. The third-order valence-corrected chi connectivity index (χ3v) is 4.29. The van der Waals surface area contributed by atoms with Gasteiger partial charge in [0.05, 0.1) is 13.0 Å². The third kappa shape index (κ3) is 5.32. The van der Waals surface area contributed by atoms with Gasteiger partial charge in [-0.1, -0.05) is 0 Å². The molecule has 0 amide bonds. The molecule has 0 radical (unpaired) electrons. The molecule has 1 saturated heterocycles. The van der Waals surface area contributed by atoms with E-state index >= 15 is 0 Å². The first-order valence-electron chi connectivity index (χ1n) is 8.21. The van der Waals surface area contributed by atoms with E-state index in [2.05, 4.69) is 4.90 Å². The molecule has 24 heavy (non-hydrogen) atoms. The van der Waals surface area contributed by atoms with E-state index in [1.807, 2.05) is 0 Å². The van der Waals surface area contributed by atoms with Crippen molar-refractivity contribution in [2.24, 2.45) is 5.92 Å². The number of ether oxygens (including phenoxy) is 2. The number of β-amino-alcohol motifs (C(OH)–C–C–N with tert-alkyl or cyclic N) is 1. The van der Waals surface area contributed by atoms with Crippen molar-refractivity contribution in [3.63, 3.8) is 0 Å². The molecular weight excluding hydrogens is 310 g/mol. The van der Waals surface area contributed by atoms with Gasteiger partial charge in [0.2, 0.25) is 0 Å². The van der Waals surface area contributed by atoms with Gasteiger partial charge in [-0.2, -0.15) is 0 Å². The fourth-order valence-corrected chi connectivity index (χ4v) is 2.85. The number of carbonyl (C=O) groups excluding carboxylic acids is 2. The SMILES string of the molecule is COC(=O)C1CCN(CC(O)COc2ccc(C(C)=O)cc2)CC1. The number of aliphatic hydroxyl groups excluding tert-OH is 1. The molecule has 6 heteroatoms. The molecule has 0 bridgehead atoms. The Labute approximate surface area is 142 Å². The van der Waals surface area contributed by atoms with E-state index in [0.29, 0.717) is 17.9 Å². The van der Waals surface area contributed by atoms with Gasteiger partial charge in [-0.3, -0.25) is 9.59 Å². The maximum absolute atomic E-state index is 11.5. The van der Waals surface area contributed by atoms with E-state index in [0.717, 1.165) is 25.9 Å². The lowest BCUT2D eigenvalue weighted by Gasteiger charge is -2.31. The zero-order valence-corrected chi connectivity index (χ0v) is 14.2. The number of benzene rings is 1. The summed E-state index contributed by atoms with van der Waals surface area (Å²) >= 11 is 0. The Kier molecular flexibility index (Phi) is 6.75. The standard InChI is InChI=1S/C18H25NO5/c1-13(20)14-3-5-17(6-4-14)24-12-16(21)11-19-9-7-15(8-10-19)18(22)23-2/h3-6,15-16,21H,7-12H2,1-2H3. The summed E-state index contributed by atoms with van der Waals surface area (Å²) < 4.78 is 10.3. The maximum atomic E-state index is 11.5. The average molecular weight is 335 g/mol. The molecule has 2 rings (SSSR count). The summed E-state index contributed by atoms with van der Waals surface area (Å²) in [6.07, 6.45) is 0.909. The number of ketones is 1. The van der Waals surface area contributed by atoms with Crippen LogP contribution in [0.4, 0.5) is 0 Å². The predicted octanol–water partition coefficient (Wildman–Crippen LogP) is 1.51. The van der Waals surface area contributed by atoms with Crippen molar-refractivity contribution in [3.05, 3.63) is 29.8 Å². The molecule has 0 saturated carbocycles. The Morgan fingerprint density at radius 1 is 1.25 bits per heavy atom. The largest absolute Gasteiger partial charge is 0.491 e. The molecule has 132 valence electrons. The van der Waals surface area contributed by atoms with E-state index in [4.69, 9.17) is 9.47 Å². The highest BCUT2D eigenvalue weighted by Crippen LogP contribution is 2.19. The van der Waals surface area contributed by atoms with Gasteiger partial charge in [0.25, 0.3) is 0 Å². The first-order valence-corrected chi connectivity index (χ1v) is 8.21. The maximum Gasteiger partial charge on any atom is 0.308 e. The van der Waals surface area contributed by atoms with Crippen LogP contribution in [0.15, 0.2) is 24.3 Å². The quantitative estimate of drug-likeness (QED) is 0.601. The van der Waals surface area contributed by atoms with Gasteiger partial charge in [0, 0.05) is 12.1 Å². The highest BCUT2D eigenvalue weighted by Gasteiger charge is 2.26. The summed E-state index contributed by atoms with van der Waals surface area (Å²) in [7, 11) is 1.42. The Balaban J connectivity index is 1.71. The van der Waals surface area contributed by atoms with Gasteiger partial charge in [-0.15, -0.1) is 0 Å². The lowest BCUT2D eigenvalue weighted by atomic mass is 9.97. The molecule has 1 N–H and O–H groups in total. The molecule has 1 aliphatic rings. The Morgan fingerprint density at radius 3 is 2.42 bits per heavy atom. The normalized spacial score (nSPS) is 17.3. The van der Waals surface area contributed by atoms with E-state index in [9.17, 15) is 14.7 Å². The number of carbonyl (C=O) groups is 2. The number of hydrogen-bond acceptors (Lipinski definition) is 6. The molecule has 1 aromatic rings. The first kappa shape index (κ1) is 18.4.